The lowest BCUT2D eigenvalue weighted by Crippen LogP contribution is -2.25. The Morgan fingerprint density at radius 1 is 1.19 bits per heavy atom. The minimum atomic E-state index is -3.37. The number of sulfonamides is 1. The molecule has 0 bridgehead atoms. The summed E-state index contributed by atoms with van der Waals surface area (Å²) in [4.78, 5) is 12.1. The Balaban J connectivity index is 2.02. The molecule has 0 radical (unpaired) electrons. The van der Waals surface area contributed by atoms with Gasteiger partial charge in [0, 0.05) is 17.2 Å². The standard InChI is InChI=1S/C18H21BrN2O4S/c1-12-8-16(9-13(2)18(12)19)25-11-17(22)20-14-6-5-7-15(10-14)21(3)26(4,23)24/h5-10H,11H2,1-4H3,(H,20,22). The molecule has 0 aromatic heterocycles. The van der Waals surface area contributed by atoms with Crippen LogP contribution in [0.4, 0.5) is 11.4 Å². The molecule has 140 valence electrons. The maximum Gasteiger partial charge on any atom is 0.262 e. The molecule has 0 heterocycles. The Hall–Kier alpha value is -2.06. The molecular weight excluding hydrogens is 420 g/mol. The number of hydrogen-bond donors (Lipinski definition) is 1. The Morgan fingerprint density at radius 3 is 2.38 bits per heavy atom. The normalized spacial score (nSPS) is 11.1. The first kappa shape index (κ1) is 20.3. The highest BCUT2D eigenvalue weighted by molar-refractivity contribution is 9.10. The zero-order valence-corrected chi connectivity index (χ0v) is 17.4. The number of nitrogens with one attached hydrogen (secondary N) is 1. The summed E-state index contributed by atoms with van der Waals surface area (Å²) in [5.74, 6) is 0.284. The van der Waals surface area contributed by atoms with Crippen LogP contribution in [0.25, 0.3) is 0 Å². The van der Waals surface area contributed by atoms with E-state index in [4.69, 9.17) is 4.74 Å². The van der Waals surface area contributed by atoms with Crippen molar-refractivity contribution in [2.75, 3.05) is 29.5 Å². The molecule has 1 N–H and O–H groups in total. The van der Waals surface area contributed by atoms with Crippen molar-refractivity contribution in [1.29, 1.82) is 0 Å². The van der Waals surface area contributed by atoms with E-state index in [1.807, 2.05) is 26.0 Å². The van der Waals surface area contributed by atoms with Crippen LogP contribution in [-0.2, 0) is 14.8 Å². The molecule has 26 heavy (non-hydrogen) atoms. The molecule has 2 aromatic rings. The second-order valence-electron chi connectivity index (χ2n) is 5.99. The highest BCUT2D eigenvalue weighted by Gasteiger charge is 2.13. The highest BCUT2D eigenvalue weighted by atomic mass is 79.9. The fourth-order valence-electron chi connectivity index (χ4n) is 2.31. The van der Waals surface area contributed by atoms with Crippen LogP contribution in [0, 0.1) is 13.8 Å². The summed E-state index contributed by atoms with van der Waals surface area (Å²) in [7, 11) is -1.91. The van der Waals surface area contributed by atoms with Crippen LogP contribution in [0.2, 0.25) is 0 Å². The Bertz CT molecular complexity index is 906. The SMILES string of the molecule is Cc1cc(OCC(=O)Nc2cccc(N(C)S(C)(=O)=O)c2)cc(C)c1Br. The van der Waals surface area contributed by atoms with Gasteiger partial charge >= 0.3 is 0 Å². The zero-order chi connectivity index (χ0) is 19.5. The second-order valence-corrected chi connectivity index (χ2v) is 8.80. The van der Waals surface area contributed by atoms with E-state index in [1.54, 1.807) is 24.3 Å². The van der Waals surface area contributed by atoms with Gasteiger partial charge in [0.1, 0.15) is 5.75 Å². The van der Waals surface area contributed by atoms with E-state index < -0.39 is 10.0 Å². The van der Waals surface area contributed by atoms with Gasteiger partial charge in [0.15, 0.2) is 6.61 Å². The van der Waals surface area contributed by atoms with Crippen molar-refractivity contribution in [3.63, 3.8) is 0 Å². The second kappa shape index (κ2) is 8.09. The Labute approximate surface area is 162 Å². The molecule has 6 nitrogen and oxygen atoms in total. The van der Waals surface area contributed by atoms with Gasteiger partial charge in [0.25, 0.3) is 5.91 Å². The average Bonchev–Trinajstić information content (AvgIpc) is 2.56. The minimum absolute atomic E-state index is 0.146. The number of benzene rings is 2. The van der Waals surface area contributed by atoms with Crippen LogP contribution in [0.5, 0.6) is 5.75 Å². The fraction of sp³-hybridized carbons (Fsp3) is 0.278. The van der Waals surface area contributed by atoms with Gasteiger partial charge in [-0.05, 0) is 55.3 Å². The topological polar surface area (TPSA) is 75.7 Å². The Kier molecular flexibility index (Phi) is 6.30. The van der Waals surface area contributed by atoms with E-state index >= 15 is 0 Å². The molecule has 0 aliphatic rings. The van der Waals surface area contributed by atoms with E-state index in [9.17, 15) is 13.2 Å². The minimum Gasteiger partial charge on any atom is -0.484 e. The number of carbonyl (C=O) groups excluding carboxylic acids is 1. The van der Waals surface area contributed by atoms with Crippen LogP contribution in [0.1, 0.15) is 11.1 Å². The number of aryl methyl sites for hydroxylation is 2. The van der Waals surface area contributed by atoms with Gasteiger partial charge in [-0.1, -0.05) is 22.0 Å². The van der Waals surface area contributed by atoms with Gasteiger partial charge in [0.05, 0.1) is 11.9 Å². The van der Waals surface area contributed by atoms with Crippen molar-refractivity contribution in [3.8, 4) is 5.75 Å². The van der Waals surface area contributed by atoms with E-state index in [0.29, 0.717) is 17.1 Å². The lowest BCUT2D eigenvalue weighted by atomic mass is 10.1. The first-order valence-corrected chi connectivity index (χ1v) is 10.5. The zero-order valence-electron chi connectivity index (χ0n) is 15.0. The molecule has 0 aliphatic heterocycles. The molecule has 2 rings (SSSR count). The quantitative estimate of drug-likeness (QED) is 0.745. The maximum atomic E-state index is 12.1. The van der Waals surface area contributed by atoms with Gasteiger partial charge < -0.3 is 10.1 Å². The Morgan fingerprint density at radius 2 is 1.81 bits per heavy atom. The van der Waals surface area contributed by atoms with Crippen molar-refractivity contribution in [2.24, 2.45) is 0 Å². The number of hydrogen-bond acceptors (Lipinski definition) is 4. The van der Waals surface area contributed by atoms with Gasteiger partial charge in [-0.25, -0.2) is 8.42 Å². The summed E-state index contributed by atoms with van der Waals surface area (Å²) in [6.45, 7) is 3.76. The van der Waals surface area contributed by atoms with Crippen molar-refractivity contribution in [2.45, 2.75) is 13.8 Å². The summed E-state index contributed by atoms with van der Waals surface area (Å²) in [5, 5.41) is 2.70. The fourth-order valence-corrected chi connectivity index (χ4v) is 3.03. The molecule has 0 unspecified atom stereocenters. The van der Waals surface area contributed by atoms with Crippen LogP contribution < -0.4 is 14.4 Å². The van der Waals surface area contributed by atoms with Crippen molar-refractivity contribution in [1.82, 2.24) is 0 Å². The largest absolute Gasteiger partial charge is 0.484 e. The van der Waals surface area contributed by atoms with Crippen molar-refractivity contribution >= 4 is 43.2 Å². The van der Waals surface area contributed by atoms with Crippen LogP contribution in [0.3, 0.4) is 0 Å². The number of nitrogens with zero attached hydrogens (tertiary/aromatic N) is 1. The molecule has 0 fully saturated rings. The lowest BCUT2D eigenvalue weighted by molar-refractivity contribution is -0.118. The number of halogens is 1. The molecule has 0 spiro atoms. The maximum absolute atomic E-state index is 12.1. The van der Waals surface area contributed by atoms with E-state index in [2.05, 4.69) is 21.2 Å². The highest BCUT2D eigenvalue weighted by Crippen LogP contribution is 2.26. The molecule has 0 saturated carbocycles. The third-order valence-corrected chi connectivity index (χ3v) is 6.23. The number of ether oxygens (including phenoxy) is 1. The van der Waals surface area contributed by atoms with Gasteiger partial charge in [0.2, 0.25) is 10.0 Å². The third-order valence-electron chi connectivity index (χ3n) is 3.77. The summed E-state index contributed by atoms with van der Waals surface area (Å²) in [6, 6.07) is 10.3. The molecule has 1 amide bonds. The monoisotopic (exact) mass is 440 g/mol. The van der Waals surface area contributed by atoms with Crippen LogP contribution >= 0.6 is 15.9 Å². The van der Waals surface area contributed by atoms with Crippen molar-refractivity contribution < 1.29 is 17.9 Å². The van der Waals surface area contributed by atoms with Crippen LogP contribution in [-0.4, -0.2) is 34.2 Å². The summed E-state index contributed by atoms with van der Waals surface area (Å²) < 4.78 is 30.9. The molecule has 0 atom stereocenters. The lowest BCUT2D eigenvalue weighted by Gasteiger charge is -2.17. The summed E-state index contributed by atoms with van der Waals surface area (Å²) in [6.07, 6.45) is 1.12. The predicted molar refractivity (Wildman–Crippen MR) is 107 cm³/mol. The van der Waals surface area contributed by atoms with Crippen LogP contribution in [0.15, 0.2) is 40.9 Å². The molecule has 2 aromatic carbocycles. The van der Waals surface area contributed by atoms with Crippen molar-refractivity contribution in [3.05, 3.63) is 52.0 Å². The number of carbonyl (C=O) groups is 1. The van der Waals surface area contributed by atoms with E-state index in [-0.39, 0.29) is 12.5 Å². The number of anilines is 2. The van der Waals surface area contributed by atoms with E-state index in [0.717, 1.165) is 26.2 Å². The molecule has 8 heteroatoms. The van der Waals surface area contributed by atoms with Gasteiger partial charge in [-0.15, -0.1) is 0 Å². The summed E-state index contributed by atoms with van der Waals surface area (Å²) in [5.41, 5.74) is 3.01. The number of amides is 1. The molecular formula is C18H21BrN2O4S. The molecule has 0 aliphatic carbocycles. The van der Waals surface area contributed by atoms with Gasteiger partial charge in [-0.3, -0.25) is 9.10 Å². The molecule has 0 saturated heterocycles. The first-order valence-electron chi connectivity index (χ1n) is 7.81. The number of rotatable bonds is 6. The van der Waals surface area contributed by atoms with Gasteiger partial charge in [-0.2, -0.15) is 0 Å². The smallest absolute Gasteiger partial charge is 0.262 e. The average molecular weight is 441 g/mol. The predicted octanol–water partition coefficient (Wildman–Crippen LogP) is 3.48. The summed E-state index contributed by atoms with van der Waals surface area (Å²) >= 11 is 3.49. The third kappa shape index (κ3) is 5.22. The van der Waals surface area contributed by atoms with E-state index in [1.165, 1.54) is 7.05 Å². The first-order chi connectivity index (χ1) is 12.1.